The molecule has 0 spiro atoms. The van der Waals surface area contributed by atoms with Crippen molar-refractivity contribution < 1.29 is 14.7 Å². The molecule has 0 saturated carbocycles. The minimum absolute atomic E-state index is 0.141. The highest BCUT2D eigenvalue weighted by atomic mass is 32.2. The number of carboxylic acids is 1. The molecule has 1 aliphatic heterocycles. The maximum atomic E-state index is 11.8. The molecular formula is C11H15N3O3S2. The summed E-state index contributed by atoms with van der Waals surface area (Å²) < 4.78 is 0. The fourth-order valence-electron chi connectivity index (χ4n) is 1.77. The Bertz CT molecular complexity index is 484. The van der Waals surface area contributed by atoms with Crippen molar-refractivity contribution in [2.24, 2.45) is 0 Å². The Morgan fingerprint density at radius 2 is 2.11 bits per heavy atom. The van der Waals surface area contributed by atoms with Crippen molar-refractivity contribution in [2.45, 2.75) is 6.92 Å². The Morgan fingerprint density at radius 3 is 2.68 bits per heavy atom. The van der Waals surface area contributed by atoms with Crippen molar-refractivity contribution in [1.29, 1.82) is 0 Å². The summed E-state index contributed by atoms with van der Waals surface area (Å²) in [6.07, 6.45) is 0. The molecule has 0 radical (unpaired) electrons. The first-order valence-electron chi connectivity index (χ1n) is 5.87. The number of thioether (sulfide) groups is 1. The van der Waals surface area contributed by atoms with Crippen LogP contribution in [0.4, 0.5) is 5.13 Å². The van der Waals surface area contributed by atoms with E-state index in [1.165, 1.54) is 0 Å². The number of nitrogens with one attached hydrogen (secondary N) is 1. The average molecular weight is 301 g/mol. The molecule has 0 aromatic carbocycles. The maximum Gasteiger partial charge on any atom is 0.347 e. The zero-order valence-electron chi connectivity index (χ0n) is 10.5. The SMILES string of the molecule is Cc1nc(NC(=O)CN2CCSCC2)sc1C(=O)O. The minimum Gasteiger partial charge on any atom is -0.477 e. The highest BCUT2D eigenvalue weighted by molar-refractivity contribution is 7.99. The van der Waals surface area contributed by atoms with Crippen molar-refractivity contribution in [3.05, 3.63) is 10.6 Å². The summed E-state index contributed by atoms with van der Waals surface area (Å²) in [4.78, 5) is 29.0. The monoisotopic (exact) mass is 301 g/mol. The van der Waals surface area contributed by atoms with Crippen molar-refractivity contribution in [3.63, 3.8) is 0 Å². The van der Waals surface area contributed by atoms with Gasteiger partial charge < -0.3 is 10.4 Å². The van der Waals surface area contributed by atoms with Gasteiger partial charge in [-0.3, -0.25) is 9.69 Å². The van der Waals surface area contributed by atoms with Crippen LogP contribution in [0.25, 0.3) is 0 Å². The van der Waals surface area contributed by atoms with Gasteiger partial charge in [0.25, 0.3) is 0 Å². The van der Waals surface area contributed by atoms with Crippen LogP contribution in [-0.2, 0) is 4.79 Å². The number of amides is 1. The third-order valence-corrected chi connectivity index (χ3v) is 4.71. The normalized spacial score (nSPS) is 16.3. The standard InChI is InChI=1S/C11H15N3O3S2/c1-7-9(10(16)17)19-11(12-7)13-8(15)6-14-2-4-18-5-3-14/h2-6H2,1H3,(H,16,17)(H,12,13,15). The van der Waals surface area contributed by atoms with E-state index in [1.807, 2.05) is 11.8 Å². The molecule has 0 unspecified atom stereocenters. The fraction of sp³-hybridized carbons (Fsp3) is 0.545. The topological polar surface area (TPSA) is 82.5 Å². The van der Waals surface area contributed by atoms with E-state index in [-0.39, 0.29) is 10.8 Å². The molecule has 1 aliphatic rings. The van der Waals surface area contributed by atoms with E-state index in [2.05, 4.69) is 15.2 Å². The summed E-state index contributed by atoms with van der Waals surface area (Å²) >= 11 is 2.88. The van der Waals surface area contributed by atoms with Crippen LogP contribution < -0.4 is 5.32 Å². The number of carboxylic acid groups (broad SMARTS) is 1. The first kappa shape index (κ1) is 14.3. The van der Waals surface area contributed by atoms with E-state index in [0.717, 1.165) is 35.9 Å². The molecular weight excluding hydrogens is 286 g/mol. The number of hydrogen-bond acceptors (Lipinski definition) is 6. The van der Waals surface area contributed by atoms with Gasteiger partial charge in [-0.1, -0.05) is 11.3 Å². The molecule has 1 aromatic rings. The summed E-state index contributed by atoms with van der Waals surface area (Å²) in [5, 5.41) is 11.9. The van der Waals surface area contributed by atoms with Crippen molar-refractivity contribution in [3.8, 4) is 0 Å². The molecule has 8 heteroatoms. The highest BCUT2D eigenvalue weighted by Crippen LogP contribution is 2.22. The zero-order chi connectivity index (χ0) is 13.8. The summed E-state index contributed by atoms with van der Waals surface area (Å²) in [6, 6.07) is 0. The van der Waals surface area contributed by atoms with E-state index in [0.29, 0.717) is 17.4 Å². The van der Waals surface area contributed by atoms with Crippen molar-refractivity contribution >= 4 is 40.1 Å². The number of nitrogens with zero attached hydrogens (tertiary/aromatic N) is 2. The van der Waals surface area contributed by atoms with E-state index in [1.54, 1.807) is 6.92 Å². The smallest absolute Gasteiger partial charge is 0.347 e. The Kier molecular flexibility index (Phi) is 4.78. The summed E-state index contributed by atoms with van der Waals surface area (Å²) in [7, 11) is 0. The Labute approximate surface area is 119 Å². The summed E-state index contributed by atoms with van der Waals surface area (Å²) in [5.74, 6) is 0.945. The average Bonchev–Trinajstić information content (AvgIpc) is 2.71. The number of aromatic nitrogens is 1. The predicted octanol–water partition coefficient (Wildman–Crippen LogP) is 1.14. The molecule has 0 atom stereocenters. The van der Waals surface area contributed by atoms with Gasteiger partial charge in [-0.15, -0.1) is 0 Å². The van der Waals surface area contributed by atoms with Crippen LogP contribution in [0.1, 0.15) is 15.4 Å². The summed E-state index contributed by atoms with van der Waals surface area (Å²) in [6.45, 7) is 3.78. The molecule has 1 saturated heterocycles. The molecule has 2 N–H and O–H groups in total. The first-order valence-corrected chi connectivity index (χ1v) is 7.84. The van der Waals surface area contributed by atoms with Gasteiger partial charge in [-0.05, 0) is 6.92 Å². The van der Waals surface area contributed by atoms with E-state index < -0.39 is 5.97 Å². The molecule has 2 heterocycles. The van der Waals surface area contributed by atoms with E-state index >= 15 is 0 Å². The molecule has 1 fully saturated rings. The molecule has 1 aromatic heterocycles. The number of aromatic carboxylic acids is 1. The van der Waals surface area contributed by atoms with Gasteiger partial charge in [-0.25, -0.2) is 9.78 Å². The molecule has 1 amide bonds. The Hall–Kier alpha value is -1.12. The third kappa shape index (κ3) is 3.92. The second-order valence-electron chi connectivity index (χ2n) is 4.18. The van der Waals surface area contributed by atoms with Crippen LogP contribution in [0, 0.1) is 6.92 Å². The first-order chi connectivity index (χ1) is 9.06. The number of hydrogen-bond donors (Lipinski definition) is 2. The Morgan fingerprint density at radius 1 is 1.42 bits per heavy atom. The third-order valence-electron chi connectivity index (χ3n) is 2.71. The molecule has 0 aliphatic carbocycles. The molecule has 104 valence electrons. The van der Waals surface area contributed by atoms with Crippen LogP contribution in [0.3, 0.4) is 0 Å². The lowest BCUT2D eigenvalue weighted by molar-refractivity contribution is -0.117. The quantitative estimate of drug-likeness (QED) is 0.868. The van der Waals surface area contributed by atoms with Crippen LogP contribution in [0.5, 0.6) is 0 Å². The number of rotatable bonds is 4. The lowest BCUT2D eigenvalue weighted by Crippen LogP contribution is -2.38. The number of carbonyl (C=O) groups is 2. The lowest BCUT2D eigenvalue weighted by atomic mass is 10.4. The van der Waals surface area contributed by atoms with Crippen molar-refractivity contribution in [2.75, 3.05) is 36.5 Å². The van der Waals surface area contributed by atoms with Crippen LogP contribution in [0.15, 0.2) is 0 Å². The Balaban J connectivity index is 1.91. The van der Waals surface area contributed by atoms with Gasteiger partial charge >= 0.3 is 5.97 Å². The predicted molar refractivity (Wildman–Crippen MR) is 76.2 cm³/mol. The molecule has 2 rings (SSSR count). The lowest BCUT2D eigenvalue weighted by Gasteiger charge is -2.25. The highest BCUT2D eigenvalue weighted by Gasteiger charge is 2.17. The number of aryl methyl sites for hydroxylation is 1. The van der Waals surface area contributed by atoms with Gasteiger partial charge in [0.1, 0.15) is 4.88 Å². The summed E-state index contributed by atoms with van der Waals surface area (Å²) in [5.41, 5.74) is 0.433. The van der Waals surface area contributed by atoms with Crippen molar-refractivity contribution in [1.82, 2.24) is 9.88 Å². The largest absolute Gasteiger partial charge is 0.477 e. The number of carbonyl (C=O) groups excluding carboxylic acids is 1. The van der Waals surface area contributed by atoms with Gasteiger partial charge in [0.2, 0.25) is 5.91 Å². The second kappa shape index (κ2) is 6.36. The zero-order valence-corrected chi connectivity index (χ0v) is 12.1. The number of anilines is 1. The molecule has 0 bridgehead atoms. The van der Waals surface area contributed by atoms with Gasteiger partial charge in [0, 0.05) is 24.6 Å². The molecule has 19 heavy (non-hydrogen) atoms. The maximum absolute atomic E-state index is 11.8. The van der Waals surface area contributed by atoms with Crippen LogP contribution in [0.2, 0.25) is 0 Å². The van der Waals surface area contributed by atoms with Crippen LogP contribution >= 0.6 is 23.1 Å². The van der Waals surface area contributed by atoms with Gasteiger partial charge in [0.15, 0.2) is 5.13 Å². The van der Waals surface area contributed by atoms with Crippen LogP contribution in [-0.4, -0.2) is 58.0 Å². The molecule has 6 nitrogen and oxygen atoms in total. The fourth-order valence-corrected chi connectivity index (χ4v) is 3.57. The van der Waals surface area contributed by atoms with Gasteiger partial charge in [-0.2, -0.15) is 11.8 Å². The minimum atomic E-state index is -1.01. The van der Waals surface area contributed by atoms with E-state index in [4.69, 9.17) is 5.11 Å². The van der Waals surface area contributed by atoms with E-state index in [9.17, 15) is 9.59 Å². The second-order valence-corrected chi connectivity index (χ2v) is 6.40. The number of thiazole rings is 1. The van der Waals surface area contributed by atoms with Gasteiger partial charge in [0.05, 0.1) is 12.2 Å².